The first-order valence-electron chi connectivity index (χ1n) is 9.83. The van der Waals surface area contributed by atoms with Crippen molar-refractivity contribution in [3.8, 4) is 5.75 Å². The van der Waals surface area contributed by atoms with Gasteiger partial charge in [0.05, 0.1) is 6.42 Å². The van der Waals surface area contributed by atoms with Crippen LogP contribution in [0.4, 0.5) is 4.79 Å². The largest absolute Gasteiger partial charge is 0.426 e. The number of urea groups is 1. The molecule has 0 radical (unpaired) electrons. The van der Waals surface area contributed by atoms with E-state index in [0.29, 0.717) is 18.6 Å². The van der Waals surface area contributed by atoms with E-state index in [-0.39, 0.29) is 18.3 Å². The van der Waals surface area contributed by atoms with E-state index in [9.17, 15) is 14.4 Å². The molecule has 1 heterocycles. The quantitative estimate of drug-likeness (QED) is 0.375. The number of amides is 3. The Hall–Kier alpha value is -3.67. The zero-order chi connectivity index (χ0) is 21.1. The molecule has 3 aromatic rings. The molecular weight excluding hydrogens is 380 g/mol. The summed E-state index contributed by atoms with van der Waals surface area (Å²) in [6.07, 6.45) is 1.27. The Morgan fingerprint density at radius 2 is 1.70 bits per heavy atom. The molecule has 3 aromatic carbocycles. The van der Waals surface area contributed by atoms with Crippen LogP contribution < -0.4 is 15.4 Å². The van der Waals surface area contributed by atoms with Crippen LogP contribution in [0.5, 0.6) is 5.75 Å². The molecule has 0 aliphatic carbocycles. The van der Waals surface area contributed by atoms with Crippen LogP contribution in [0.1, 0.15) is 24.5 Å². The van der Waals surface area contributed by atoms with Crippen molar-refractivity contribution in [3.63, 3.8) is 0 Å². The molecule has 0 saturated carbocycles. The lowest BCUT2D eigenvalue weighted by Crippen LogP contribution is -2.43. The maximum Gasteiger partial charge on any atom is 0.322 e. The van der Waals surface area contributed by atoms with Gasteiger partial charge in [0, 0.05) is 0 Å². The zero-order valence-corrected chi connectivity index (χ0v) is 16.6. The lowest BCUT2D eigenvalue weighted by atomic mass is 9.93. The van der Waals surface area contributed by atoms with Gasteiger partial charge >= 0.3 is 12.0 Å². The predicted octanol–water partition coefficient (Wildman–Crippen LogP) is 3.52. The minimum absolute atomic E-state index is 0.191. The first kappa shape index (κ1) is 19.6. The van der Waals surface area contributed by atoms with E-state index in [4.69, 9.17) is 4.74 Å². The molecule has 30 heavy (non-hydrogen) atoms. The third-order valence-electron chi connectivity index (χ3n) is 5.40. The minimum Gasteiger partial charge on any atom is -0.426 e. The molecule has 3 amide bonds. The fourth-order valence-electron chi connectivity index (χ4n) is 3.64. The highest BCUT2D eigenvalue weighted by Crippen LogP contribution is 2.22. The molecule has 1 atom stereocenters. The molecule has 4 rings (SSSR count). The number of ether oxygens (including phenoxy) is 1. The number of benzene rings is 3. The Bertz CT molecular complexity index is 1120. The number of esters is 1. The maximum absolute atomic E-state index is 12.4. The Kier molecular flexibility index (Phi) is 5.23. The zero-order valence-electron chi connectivity index (χ0n) is 16.6. The number of nitrogens with one attached hydrogen (secondary N) is 2. The van der Waals surface area contributed by atoms with E-state index in [2.05, 4.69) is 10.6 Å². The molecule has 1 fully saturated rings. The minimum atomic E-state index is -0.902. The normalized spacial score (nSPS) is 18.2. The van der Waals surface area contributed by atoms with Gasteiger partial charge in [-0.15, -0.1) is 0 Å². The fourth-order valence-corrected chi connectivity index (χ4v) is 3.64. The van der Waals surface area contributed by atoms with Gasteiger partial charge < -0.3 is 10.1 Å². The molecular formula is C24H22N2O4. The summed E-state index contributed by atoms with van der Waals surface area (Å²) in [5, 5.41) is 7.05. The molecule has 6 heteroatoms. The second kappa shape index (κ2) is 7.99. The van der Waals surface area contributed by atoms with Gasteiger partial charge in [-0.25, -0.2) is 4.79 Å². The van der Waals surface area contributed by atoms with Gasteiger partial charge in [0.2, 0.25) is 0 Å². The van der Waals surface area contributed by atoms with E-state index in [1.165, 1.54) is 0 Å². The second-order valence-electron chi connectivity index (χ2n) is 7.67. The van der Waals surface area contributed by atoms with Gasteiger partial charge in [-0.1, -0.05) is 54.6 Å². The summed E-state index contributed by atoms with van der Waals surface area (Å²) in [5.41, 5.74) is 1.01. The number of hydrogen-bond acceptors (Lipinski definition) is 4. The molecule has 0 bridgehead atoms. The van der Waals surface area contributed by atoms with Gasteiger partial charge in [0.1, 0.15) is 11.3 Å². The molecule has 0 spiro atoms. The molecule has 1 saturated heterocycles. The number of fused-ring (bicyclic) bond motifs is 1. The van der Waals surface area contributed by atoms with E-state index in [0.717, 1.165) is 21.9 Å². The van der Waals surface area contributed by atoms with Crippen LogP contribution in [-0.2, 0) is 22.4 Å². The van der Waals surface area contributed by atoms with E-state index in [1.807, 2.05) is 54.6 Å². The van der Waals surface area contributed by atoms with Crippen molar-refractivity contribution < 1.29 is 19.1 Å². The van der Waals surface area contributed by atoms with Crippen molar-refractivity contribution in [1.82, 2.24) is 10.6 Å². The highest BCUT2D eigenvalue weighted by Gasteiger charge is 2.41. The first-order valence-corrected chi connectivity index (χ1v) is 9.83. The number of aryl methyl sites for hydroxylation is 1. The van der Waals surface area contributed by atoms with Gasteiger partial charge in [0.15, 0.2) is 0 Å². The standard InChI is InChI=1S/C24H22N2O4/c1-24(22(28)25-23(29)26-24)14-13-16-9-11-19(12-10-16)30-21(27)15-18-7-4-6-17-5-2-3-8-20(17)18/h2-12H,13-15H2,1H3,(H2,25,26,28,29)/t24-/m1/s1. The smallest absolute Gasteiger partial charge is 0.322 e. The number of hydrogen-bond donors (Lipinski definition) is 2. The highest BCUT2D eigenvalue weighted by atomic mass is 16.5. The molecule has 0 unspecified atom stereocenters. The first-order chi connectivity index (χ1) is 14.4. The van der Waals surface area contributed by atoms with Crippen molar-refractivity contribution in [1.29, 1.82) is 0 Å². The third-order valence-corrected chi connectivity index (χ3v) is 5.40. The van der Waals surface area contributed by atoms with Gasteiger partial charge in [0.25, 0.3) is 5.91 Å². The lowest BCUT2D eigenvalue weighted by molar-refractivity contribution is -0.133. The summed E-state index contributed by atoms with van der Waals surface area (Å²) in [6, 6.07) is 20.6. The molecule has 2 N–H and O–H groups in total. The highest BCUT2D eigenvalue weighted by molar-refractivity contribution is 6.06. The van der Waals surface area contributed by atoms with Crippen LogP contribution in [-0.4, -0.2) is 23.4 Å². The average Bonchev–Trinajstić information content (AvgIpc) is 2.99. The number of carbonyl (C=O) groups excluding carboxylic acids is 3. The monoisotopic (exact) mass is 402 g/mol. The lowest BCUT2D eigenvalue weighted by Gasteiger charge is -2.20. The van der Waals surface area contributed by atoms with Crippen LogP contribution in [0, 0.1) is 0 Å². The molecule has 0 aromatic heterocycles. The van der Waals surface area contributed by atoms with E-state index in [1.54, 1.807) is 19.1 Å². The summed E-state index contributed by atoms with van der Waals surface area (Å²) in [6.45, 7) is 1.71. The number of imide groups is 1. The average molecular weight is 402 g/mol. The summed E-state index contributed by atoms with van der Waals surface area (Å²) < 4.78 is 5.49. The Morgan fingerprint density at radius 1 is 0.967 bits per heavy atom. The summed E-state index contributed by atoms with van der Waals surface area (Å²) >= 11 is 0. The molecule has 6 nitrogen and oxygen atoms in total. The van der Waals surface area contributed by atoms with Crippen molar-refractivity contribution >= 4 is 28.7 Å². The second-order valence-corrected chi connectivity index (χ2v) is 7.67. The van der Waals surface area contributed by atoms with Crippen molar-refractivity contribution in [2.75, 3.05) is 0 Å². The van der Waals surface area contributed by atoms with Gasteiger partial charge in [-0.2, -0.15) is 0 Å². The SMILES string of the molecule is C[C@]1(CCc2ccc(OC(=O)Cc3cccc4ccccc34)cc2)NC(=O)NC1=O. The molecule has 152 valence electrons. The van der Waals surface area contributed by atoms with Crippen LogP contribution in [0.25, 0.3) is 10.8 Å². The van der Waals surface area contributed by atoms with Crippen molar-refractivity contribution in [2.24, 2.45) is 0 Å². The van der Waals surface area contributed by atoms with E-state index >= 15 is 0 Å². The third kappa shape index (κ3) is 4.17. The maximum atomic E-state index is 12.4. The van der Waals surface area contributed by atoms with Gasteiger partial charge in [-0.05, 0) is 53.8 Å². The summed E-state index contributed by atoms with van der Waals surface area (Å²) in [4.78, 5) is 35.6. The predicted molar refractivity (Wildman–Crippen MR) is 113 cm³/mol. The Morgan fingerprint density at radius 3 is 2.43 bits per heavy atom. The number of rotatable bonds is 6. The van der Waals surface area contributed by atoms with Crippen molar-refractivity contribution in [2.45, 2.75) is 31.7 Å². The van der Waals surface area contributed by atoms with E-state index < -0.39 is 11.6 Å². The molecule has 1 aliphatic rings. The number of carbonyl (C=O) groups is 3. The van der Waals surface area contributed by atoms with Crippen molar-refractivity contribution in [3.05, 3.63) is 77.9 Å². The summed E-state index contributed by atoms with van der Waals surface area (Å²) in [7, 11) is 0. The van der Waals surface area contributed by atoms with Crippen LogP contribution in [0.3, 0.4) is 0 Å². The Balaban J connectivity index is 1.36. The van der Waals surface area contributed by atoms with Crippen LogP contribution in [0.15, 0.2) is 66.7 Å². The summed E-state index contributed by atoms with van der Waals surface area (Å²) in [5.74, 6) is -0.162. The van der Waals surface area contributed by atoms with Gasteiger partial charge in [-0.3, -0.25) is 14.9 Å². The Labute approximate surface area is 174 Å². The molecule has 1 aliphatic heterocycles. The topological polar surface area (TPSA) is 84.5 Å². The fraction of sp³-hybridized carbons (Fsp3) is 0.208. The van der Waals surface area contributed by atoms with Crippen LogP contribution >= 0.6 is 0 Å². The van der Waals surface area contributed by atoms with Crippen LogP contribution in [0.2, 0.25) is 0 Å².